The lowest BCUT2D eigenvalue weighted by Crippen LogP contribution is -1.99. The van der Waals surface area contributed by atoms with Gasteiger partial charge < -0.3 is 4.18 Å². The van der Waals surface area contributed by atoms with E-state index in [4.69, 9.17) is 4.18 Å². The highest BCUT2D eigenvalue weighted by atomic mass is 127. The van der Waals surface area contributed by atoms with Gasteiger partial charge in [0.25, 0.3) is 0 Å². The van der Waals surface area contributed by atoms with Crippen molar-refractivity contribution in [3.63, 3.8) is 0 Å². The number of rotatable bonds is 6. The van der Waals surface area contributed by atoms with E-state index < -0.39 is 7.29 Å². The molecule has 90 valence electrons. The van der Waals surface area contributed by atoms with Gasteiger partial charge in [0.2, 0.25) is 0 Å². The molecule has 0 unspecified atom stereocenters. The third-order valence-electron chi connectivity index (χ3n) is 2.16. The number of benzene rings is 1. The van der Waals surface area contributed by atoms with Crippen molar-refractivity contribution >= 4 is 28.5 Å². The fraction of sp³-hybridized carbons (Fsp3) is 0.455. The smallest absolute Gasteiger partial charge is 0.364 e. The Hall–Kier alpha value is -0.300. The van der Waals surface area contributed by atoms with E-state index >= 15 is 0 Å². The quantitative estimate of drug-likeness (QED) is 0.446. The average molecular weight is 354 g/mol. The Morgan fingerprint density at radius 2 is 2.06 bits per heavy atom. The summed E-state index contributed by atoms with van der Waals surface area (Å²) in [5.41, 5.74) is 1.12. The molecule has 0 saturated carbocycles. The summed E-state index contributed by atoms with van der Waals surface area (Å²) in [5.74, 6) is 0.392. The molecule has 1 aromatic carbocycles. The minimum absolute atomic E-state index is 0.392. The molecule has 1 aromatic rings. The Balaban J connectivity index is 2.64. The van der Waals surface area contributed by atoms with E-state index in [9.17, 15) is 8.42 Å². The standard InChI is InChI=1S/C11H15IO3S/c1-2-3-4-6-10-7-5-8-11(9-10)15-16(12,13)14/h5,7-9H,2-4,6H2,1H3. The summed E-state index contributed by atoms with van der Waals surface area (Å²) >= 11 is 1.28. The lowest BCUT2D eigenvalue weighted by atomic mass is 10.1. The summed E-state index contributed by atoms with van der Waals surface area (Å²) in [6.07, 6.45) is 4.46. The molecule has 0 N–H and O–H groups in total. The van der Waals surface area contributed by atoms with E-state index in [1.54, 1.807) is 12.1 Å². The summed E-state index contributed by atoms with van der Waals surface area (Å²) in [4.78, 5) is 0. The Kier molecular flexibility index (Phi) is 5.54. The van der Waals surface area contributed by atoms with Crippen LogP contribution in [0.3, 0.4) is 0 Å². The van der Waals surface area contributed by atoms with E-state index in [1.165, 1.54) is 34.0 Å². The van der Waals surface area contributed by atoms with Crippen LogP contribution < -0.4 is 4.18 Å². The van der Waals surface area contributed by atoms with Crippen molar-refractivity contribution in [1.82, 2.24) is 0 Å². The highest BCUT2D eigenvalue weighted by Crippen LogP contribution is 2.19. The maximum atomic E-state index is 10.9. The van der Waals surface area contributed by atoms with Crippen molar-refractivity contribution < 1.29 is 12.6 Å². The maximum absolute atomic E-state index is 10.9. The fourth-order valence-corrected chi connectivity index (χ4v) is 2.40. The highest BCUT2D eigenvalue weighted by Gasteiger charge is 2.06. The zero-order chi connectivity index (χ0) is 12.0. The van der Waals surface area contributed by atoms with Crippen molar-refractivity contribution in [3.05, 3.63) is 29.8 Å². The van der Waals surface area contributed by atoms with Crippen LogP contribution in [0.4, 0.5) is 0 Å². The van der Waals surface area contributed by atoms with Gasteiger partial charge in [-0.05, 0) is 30.5 Å². The molecule has 0 radical (unpaired) electrons. The molecule has 0 amide bonds. The van der Waals surface area contributed by atoms with Gasteiger partial charge in [0, 0.05) is 0 Å². The van der Waals surface area contributed by atoms with Crippen molar-refractivity contribution in [3.8, 4) is 5.75 Å². The first-order valence-corrected chi connectivity index (χ1v) is 9.19. The zero-order valence-electron chi connectivity index (χ0n) is 9.15. The molecule has 0 aliphatic carbocycles. The zero-order valence-corrected chi connectivity index (χ0v) is 12.1. The summed E-state index contributed by atoms with van der Waals surface area (Å²) in [6, 6.07) is 7.24. The molecule has 0 fully saturated rings. The number of hydrogen-bond donors (Lipinski definition) is 0. The van der Waals surface area contributed by atoms with Crippen LogP contribution >= 0.6 is 21.2 Å². The molecule has 0 saturated heterocycles. The summed E-state index contributed by atoms with van der Waals surface area (Å²) in [5, 5.41) is 0. The molecule has 0 aromatic heterocycles. The molecule has 0 aliphatic rings. The number of halogens is 1. The molecule has 3 nitrogen and oxygen atoms in total. The third kappa shape index (κ3) is 5.69. The summed E-state index contributed by atoms with van der Waals surface area (Å²) < 4.78 is 26.7. The number of hydrogen-bond acceptors (Lipinski definition) is 3. The molecule has 0 atom stereocenters. The minimum Gasteiger partial charge on any atom is -0.375 e. The van der Waals surface area contributed by atoms with Gasteiger partial charge in [-0.1, -0.05) is 31.9 Å². The van der Waals surface area contributed by atoms with E-state index in [0.29, 0.717) is 5.75 Å². The second-order valence-corrected chi connectivity index (χ2v) is 7.77. The maximum Gasteiger partial charge on any atom is 0.364 e. The van der Waals surface area contributed by atoms with Crippen molar-refractivity contribution in [2.45, 2.75) is 32.6 Å². The van der Waals surface area contributed by atoms with E-state index in [-0.39, 0.29) is 0 Å². The van der Waals surface area contributed by atoms with Crippen LogP contribution in [0.15, 0.2) is 24.3 Å². The monoisotopic (exact) mass is 354 g/mol. The van der Waals surface area contributed by atoms with E-state index in [0.717, 1.165) is 18.4 Å². The van der Waals surface area contributed by atoms with Crippen LogP contribution in [0.1, 0.15) is 31.7 Å². The predicted octanol–water partition coefficient (Wildman–Crippen LogP) is 3.48. The van der Waals surface area contributed by atoms with Crippen molar-refractivity contribution in [2.75, 3.05) is 0 Å². The average Bonchev–Trinajstić information content (AvgIpc) is 2.16. The van der Waals surface area contributed by atoms with Gasteiger partial charge in [-0.3, -0.25) is 0 Å². The molecule has 0 heterocycles. The largest absolute Gasteiger partial charge is 0.375 e. The highest BCUT2D eigenvalue weighted by molar-refractivity contribution is 14.2. The molecule has 1 rings (SSSR count). The Morgan fingerprint density at radius 1 is 1.31 bits per heavy atom. The molecular formula is C11H15IO3S. The van der Waals surface area contributed by atoms with Gasteiger partial charge in [-0.2, -0.15) is 8.42 Å². The Labute approximate surface area is 109 Å². The molecule has 0 spiro atoms. The first-order chi connectivity index (χ1) is 7.51. The SMILES string of the molecule is CCCCCc1cccc(OS(=O)(=O)I)c1. The van der Waals surface area contributed by atoms with Gasteiger partial charge >= 0.3 is 7.29 Å². The molecule has 16 heavy (non-hydrogen) atoms. The normalized spacial score (nSPS) is 11.4. The lowest BCUT2D eigenvalue weighted by molar-refractivity contribution is 0.507. The van der Waals surface area contributed by atoms with Crippen LogP contribution in [-0.4, -0.2) is 8.42 Å². The van der Waals surface area contributed by atoms with Gasteiger partial charge in [-0.15, -0.1) is 0 Å². The molecule has 0 aliphatic heterocycles. The first kappa shape index (κ1) is 13.8. The molecule has 0 bridgehead atoms. The second kappa shape index (κ2) is 6.44. The summed E-state index contributed by atoms with van der Waals surface area (Å²) in [6.45, 7) is 2.15. The topological polar surface area (TPSA) is 43.4 Å². The van der Waals surface area contributed by atoms with Gasteiger partial charge in [0.1, 0.15) is 27.0 Å². The van der Waals surface area contributed by atoms with Gasteiger partial charge in [-0.25, -0.2) is 0 Å². The van der Waals surface area contributed by atoms with Gasteiger partial charge in [0.05, 0.1) is 0 Å². The van der Waals surface area contributed by atoms with Crippen LogP contribution in [0.25, 0.3) is 0 Å². The van der Waals surface area contributed by atoms with E-state index in [1.807, 2.05) is 12.1 Å². The van der Waals surface area contributed by atoms with Crippen molar-refractivity contribution in [1.29, 1.82) is 0 Å². The second-order valence-electron chi connectivity index (χ2n) is 3.58. The van der Waals surface area contributed by atoms with Crippen LogP contribution in [0.2, 0.25) is 0 Å². The number of aryl methyl sites for hydroxylation is 1. The lowest BCUT2D eigenvalue weighted by Gasteiger charge is -2.04. The molecule has 5 heteroatoms. The van der Waals surface area contributed by atoms with Crippen LogP contribution in [0, 0.1) is 0 Å². The summed E-state index contributed by atoms with van der Waals surface area (Å²) in [7, 11) is -3.45. The van der Waals surface area contributed by atoms with Crippen molar-refractivity contribution in [2.24, 2.45) is 0 Å². The third-order valence-corrected chi connectivity index (χ3v) is 3.09. The molecular weight excluding hydrogens is 339 g/mol. The predicted molar refractivity (Wildman–Crippen MR) is 73.2 cm³/mol. The van der Waals surface area contributed by atoms with Gasteiger partial charge in [0.15, 0.2) is 0 Å². The first-order valence-electron chi connectivity index (χ1n) is 5.24. The Morgan fingerprint density at radius 3 is 2.69 bits per heavy atom. The van der Waals surface area contributed by atoms with E-state index in [2.05, 4.69) is 6.92 Å². The fourth-order valence-electron chi connectivity index (χ4n) is 1.45. The van der Waals surface area contributed by atoms with Crippen LogP contribution in [0.5, 0.6) is 5.75 Å². The minimum atomic E-state index is -3.45. The Bertz CT molecular complexity index is 429. The number of unbranched alkanes of at least 4 members (excludes halogenated alkanes) is 2. The van der Waals surface area contributed by atoms with Crippen LogP contribution in [-0.2, 0) is 13.7 Å².